The first-order valence-electron chi connectivity index (χ1n) is 5.60. The fourth-order valence-electron chi connectivity index (χ4n) is 1.54. The zero-order chi connectivity index (χ0) is 13.0. The zero-order valence-electron chi connectivity index (χ0n) is 9.94. The maximum atomic E-state index is 11.7. The van der Waals surface area contributed by atoms with Gasteiger partial charge in [0.2, 0.25) is 5.91 Å². The minimum atomic E-state index is 0.00401. The first-order chi connectivity index (χ1) is 8.63. The number of halogens is 1. The molecule has 0 atom stereocenters. The number of hydrogen-bond acceptors (Lipinski definition) is 3. The zero-order valence-corrected chi connectivity index (χ0v) is 12.3. The molecule has 5 heteroatoms. The summed E-state index contributed by atoms with van der Waals surface area (Å²) in [5.41, 5.74) is 1.15. The van der Waals surface area contributed by atoms with Crippen LogP contribution in [0.3, 0.4) is 0 Å². The van der Waals surface area contributed by atoms with Gasteiger partial charge in [0.1, 0.15) is 0 Å². The van der Waals surface area contributed by atoms with Crippen LogP contribution in [0, 0.1) is 6.92 Å². The Morgan fingerprint density at radius 1 is 1.50 bits per heavy atom. The van der Waals surface area contributed by atoms with Crippen LogP contribution in [0.4, 0.5) is 5.13 Å². The highest BCUT2D eigenvalue weighted by Gasteiger charge is 2.05. The van der Waals surface area contributed by atoms with Gasteiger partial charge in [-0.2, -0.15) is 0 Å². The molecule has 1 heterocycles. The molecule has 0 unspecified atom stereocenters. The molecule has 0 radical (unpaired) electrons. The van der Waals surface area contributed by atoms with Crippen LogP contribution in [0.2, 0.25) is 0 Å². The molecule has 0 bridgehead atoms. The van der Waals surface area contributed by atoms with Crippen molar-refractivity contribution in [2.24, 2.45) is 0 Å². The molecule has 0 saturated carbocycles. The third-order valence-corrected chi connectivity index (χ3v) is 3.72. The maximum Gasteiger partial charge on any atom is 0.226 e. The summed E-state index contributed by atoms with van der Waals surface area (Å²) in [6, 6.07) is 8.00. The van der Waals surface area contributed by atoms with Gasteiger partial charge in [0, 0.05) is 22.0 Å². The van der Waals surface area contributed by atoms with E-state index < -0.39 is 0 Å². The highest BCUT2D eigenvalue weighted by atomic mass is 79.9. The molecule has 1 aromatic heterocycles. The number of nitrogens with one attached hydrogen (secondary N) is 1. The van der Waals surface area contributed by atoms with Gasteiger partial charge >= 0.3 is 0 Å². The summed E-state index contributed by atoms with van der Waals surface area (Å²) < 4.78 is 1.04. The Bertz CT molecular complexity index is 553. The fourth-order valence-corrected chi connectivity index (χ4v) is 2.67. The molecule has 0 aliphatic rings. The molecule has 2 aromatic rings. The van der Waals surface area contributed by atoms with Crippen LogP contribution in [0.25, 0.3) is 0 Å². The normalized spacial score (nSPS) is 10.3. The van der Waals surface area contributed by atoms with E-state index in [2.05, 4.69) is 26.2 Å². The summed E-state index contributed by atoms with van der Waals surface area (Å²) in [6.45, 7) is 1.97. The van der Waals surface area contributed by atoms with E-state index in [1.54, 1.807) is 6.20 Å². The maximum absolute atomic E-state index is 11.7. The van der Waals surface area contributed by atoms with Crippen LogP contribution in [-0.4, -0.2) is 10.9 Å². The van der Waals surface area contributed by atoms with E-state index in [0.29, 0.717) is 11.6 Å². The molecular weight excluding hydrogens is 312 g/mol. The van der Waals surface area contributed by atoms with Crippen molar-refractivity contribution >= 4 is 38.3 Å². The lowest BCUT2D eigenvalue weighted by Gasteiger charge is -2.02. The van der Waals surface area contributed by atoms with Crippen molar-refractivity contribution in [3.05, 3.63) is 45.4 Å². The summed E-state index contributed by atoms with van der Waals surface area (Å²) in [4.78, 5) is 16.9. The third kappa shape index (κ3) is 3.92. The minimum Gasteiger partial charge on any atom is -0.302 e. The summed E-state index contributed by atoms with van der Waals surface area (Å²) in [7, 11) is 0. The smallest absolute Gasteiger partial charge is 0.226 e. The quantitative estimate of drug-likeness (QED) is 0.929. The van der Waals surface area contributed by atoms with Crippen LogP contribution in [0.1, 0.15) is 16.9 Å². The average Bonchev–Trinajstić information content (AvgIpc) is 2.72. The second kappa shape index (κ2) is 6.11. The van der Waals surface area contributed by atoms with E-state index >= 15 is 0 Å². The number of rotatable bonds is 4. The second-order valence-electron chi connectivity index (χ2n) is 3.95. The highest BCUT2D eigenvalue weighted by Crippen LogP contribution is 2.17. The summed E-state index contributed by atoms with van der Waals surface area (Å²) in [5, 5.41) is 3.48. The van der Waals surface area contributed by atoms with E-state index in [-0.39, 0.29) is 5.91 Å². The molecule has 2 rings (SSSR count). The van der Waals surface area contributed by atoms with Gasteiger partial charge in [-0.25, -0.2) is 4.98 Å². The molecule has 1 N–H and O–H groups in total. The summed E-state index contributed by atoms with van der Waals surface area (Å²) in [6.07, 6.45) is 2.96. The number of aryl methyl sites for hydroxylation is 2. The first kappa shape index (κ1) is 13.2. The molecule has 1 aromatic carbocycles. The molecule has 0 spiro atoms. The van der Waals surface area contributed by atoms with Gasteiger partial charge in [-0.1, -0.05) is 28.1 Å². The topological polar surface area (TPSA) is 42.0 Å². The SMILES string of the molecule is Cc1cnc(NC(=O)CCc2cccc(Br)c2)s1. The van der Waals surface area contributed by atoms with Crippen molar-refractivity contribution in [1.82, 2.24) is 4.98 Å². The van der Waals surface area contributed by atoms with Gasteiger partial charge in [0.25, 0.3) is 0 Å². The Kier molecular flexibility index (Phi) is 4.49. The number of nitrogens with zero attached hydrogens (tertiary/aromatic N) is 1. The van der Waals surface area contributed by atoms with Crippen LogP contribution >= 0.6 is 27.3 Å². The summed E-state index contributed by atoms with van der Waals surface area (Å²) >= 11 is 4.91. The van der Waals surface area contributed by atoms with E-state index in [9.17, 15) is 4.79 Å². The lowest BCUT2D eigenvalue weighted by atomic mass is 10.1. The van der Waals surface area contributed by atoms with Gasteiger partial charge in [-0.3, -0.25) is 4.79 Å². The van der Waals surface area contributed by atoms with Gasteiger partial charge < -0.3 is 5.32 Å². The van der Waals surface area contributed by atoms with Crippen LogP contribution < -0.4 is 5.32 Å². The number of hydrogen-bond donors (Lipinski definition) is 1. The molecule has 18 heavy (non-hydrogen) atoms. The molecule has 0 saturated heterocycles. The monoisotopic (exact) mass is 324 g/mol. The predicted octanol–water partition coefficient (Wildman–Crippen LogP) is 3.79. The fraction of sp³-hybridized carbons (Fsp3) is 0.231. The molecule has 0 aliphatic heterocycles. The predicted molar refractivity (Wildman–Crippen MR) is 77.9 cm³/mol. The van der Waals surface area contributed by atoms with Crippen molar-refractivity contribution in [2.75, 3.05) is 5.32 Å². The second-order valence-corrected chi connectivity index (χ2v) is 6.10. The van der Waals surface area contributed by atoms with E-state index in [1.807, 2.05) is 31.2 Å². The number of carbonyl (C=O) groups excluding carboxylic acids is 1. The largest absolute Gasteiger partial charge is 0.302 e. The first-order valence-corrected chi connectivity index (χ1v) is 7.21. The van der Waals surface area contributed by atoms with Gasteiger partial charge in [-0.05, 0) is 31.0 Å². The Hall–Kier alpha value is -1.20. The van der Waals surface area contributed by atoms with Crippen LogP contribution in [0.15, 0.2) is 34.9 Å². The number of carbonyl (C=O) groups is 1. The standard InChI is InChI=1S/C13H13BrN2OS/c1-9-8-15-13(18-9)16-12(17)6-5-10-3-2-4-11(14)7-10/h2-4,7-8H,5-6H2,1H3,(H,15,16,17). The number of amides is 1. The number of thiazole rings is 1. The summed E-state index contributed by atoms with van der Waals surface area (Å²) in [5.74, 6) is 0.00401. The lowest BCUT2D eigenvalue weighted by Crippen LogP contribution is -2.11. The average molecular weight is 325 g/mol. The van der Waals surface area contributed by atoms with Gasteiger partial charge in [0.05, 0.1) is 0 Å². The molecular formula is C13H13BrN2OS. The number of anilines is 1. The van der Waals surface area contributed by atoms with Gasteiger partial charge in [0.15, 0.2) is 5.13 Å². The minimum absolute atomic E-state index is 0.00401. The molecule has 1 amide bonds. The van der Waals surface area contributed by atoms with Crippen molar-refractivity contribution in [3.63, 3.8) is 0 Å². The number of benzene rings is 1. The lowest BCUT2D eigenvalue weighted by molar-refractivity contribution is -0.116. The molecule has 3 nitrogen and oxygen atoms in total. The van der Waals surface area contributed by atoms with E-state index in [1.165, 1.54) is 11.3 Å². The highest BCUT2D eigenvalue weighted by molar-refractivity contribution is 9.10. The Labute approximate surface area is 118 Å². The third-order valence-electron chi connectivity index (χ3n) is 2.40. The Morgan fingerprint density at radius 2 is 2.33 bits per heavy atom. The van der Waals surface area contributed by atoms with E-state index in [4.69, 9.17) is 0 Å². The molecule has 94 valence electrons. The Balaban J connectivity index is 1.85. The van der Waals surface area contributed by atoms with Crippen molar-refractivity contribution in [1.29, 1.82) is 0 Å². The van der Waals surface area contributed by atoms with Crippen molar-refractivity contribution in [3.8, 4) is 0 Å². The number of aromatic nitrogens is 1. The van der Waals surface area contributed by atoms with Crippen LogP contribution in [-0.2, 0) is 11.2 Å². The van der Waals surface area contributed by atoms with E-state index in [0.717, 1.165) is 21.3 Å². The van der Waals surface area contributed by atoms with Crippen LogP contribution in [0.5, 0.6) is 0 Å². The van der Waals surface area contributed by atoms with Crippen molar-refractivity contribution < 1.29 is 4.79 Å². The molecule has 0 aliphatic carbocycles. The van der Waals surface area contributed by atoms with Gasteiger partial charge in [-0.15, -0.1) is 11.3 Å². The Morgan fingerprint density at radius 3 is 3.00 bits per heavy atom. The molecule has 0 fully saturated rings. The van der Waals surface area contributed by atoms with Crippen molar-refractivity contribution in [2.45, 2.75) is 19.8 Å².